The average molecular weight is 2010 g/mol. The number of nitrogens with zero attached hydrogens (tertiary/aromatic N) is 5. The van der Waals surface area contributed by atoms with E-state index in [1.165, 1.54) is 39.3 Å². The van der Waals surface area contributed by atoms with E-state index >= 15 is 0 Å². The van der Waals surface area contributed by atoms with Gasteiger partial charge in [-0.15, -0.1) is 0 Å². The topological polar surface area (TPSA) is 558 Å². The van der Waals surface area contributed by atoms with Crippen molar-refractivity contribution in [3.05, 3.63) is 253 Å². The fourth-order valence-electron chi connectivity index (χ4n) is 18.2. The maximum Gasteiger partial charge on any atom is 0.326 e. The lowest BCUT2D eigenvalue weighted by Gasteiger charge is -2.16. The van der Waals surface area contributed by atoms with E-state index in [4.69, 9.17) is 19.9 Å². The molecule has 0 saturated carbocycles. The number of carbonyl (C=O) groups excluding carboxylic acids is 8. The van der Waals surface area contributed by atoms with E-state index < -0.39 is 81.7 Å². The fourth-order valence-corrected chi connectivity index (χ4v) is 18.9. The number of benzene rings is 4. The van der Waals surface area contributed by atoms with Gasteiger partial charge in [-0.25, -0.2) is 28.4 Å². The van der Waals surface area contributed by atoms with Gasteiger partial charge in [0.05, 0.1) is 10.6 Å². The van der Waals surface area contributed by atoms with Crippen LogP contribution >= 0.6 is 0 Å². The Balaban J connectivity index is 0.000000163. The maximum atomic E-state index is 12.8. The second kappa shape index (κ2) is 54.1. The van der Waals surface area contributed by atoms with Gasteiger partial charge in [0.15, 0.2) is 0 Å². The van der Waals surface area contributed by atoms with Crippen molar-refractivity contribution in [3.63, 3.8) is 0 Å². The molecule has 16 rings (SSSR count). The Morgan fingerprint density at radius 3 is 0.890 bits per heavy atom. The van der Waals surface area contributed by atoms with Crippen molar-refractivity contribution in [2.75, 3.05) is 52.4 Å². The van der Waals surface area contributed by atoms with Gasteiger partial charge in [-0.05, 0) is 217 Å². The van der Waals surface area contributed by atoms with Crippen molar-refractivity contribution < 1.29 is 82.2 Å². The number of rotatable bonds is 44. The molecule has 11 aromatic rings. The summed E-state index contributed by atoms with van der Waals surface area (Å²) < 4.78 is 12.2. The molecule has 0 spiro atoms. The summed E-state index contributed by atoms with van der Waals surface area (Å²) in [6.45, 7) is 13.3. The number of nitrogens with one attached hydrogen (secondary N) is 15. The van der Waals surface area contributed by atoms with Crippen molar-refractivity contribution in [2.24, 2.45) is 4.99 Å². The molecule has 0 saturated heterocycles. The number of aromatic nitrogens is 7. The molecule has 19 N–H and O–H groups in total. The predicted molar refractivity (Wildman–Crippen MR) is 558 cm³/mol. The molecular weight excluding hydrogens is 1880 g/mol. The molecule has 4 atom stereocenters. The smallest absolute Gasteiger partial charge is 0.326 e. The minimum atomic E-state index is -1.74. The van der Waals surface area contributed by atoms with Crippen molar-refractivity contribution >= 4 is 136 Å². The molecule has 0 bridgehead atoms. The number of hydrogen-bond acceptors (Lipinski definition) is 22. The number of aryl methyl sites for hydroxylation is 7. The molecule has 5 aliphatic rings. The Labute approximate surface area is 847 Å². The third kappa shape index (κ3) is 31.0. The highest BCUT2D eigenvalue weighted by Crippen LogP contribution is 2.29. The number of amides is 8. The van der Waals surface area contributed by atoms with E-state index in [-0.39, 0.29) is 86.1 Å². The zero-order valence-electron chi connectivity index (χ0n) is 82.6. The van der Waals surface area contributed by atoms with Gasteiger partial charge in [-0.3, -0.25) is 58.3 Å². The number of unbranched alkanes of at least 4 members (excludes halogenated alkanes) is 4. The Morgan fingerprint density at radius 2 is 0.616 bits per heavy atom. The van der Waals surface area contributed by atoms with Gasteiger partial charge in [-0.2, -0.15) is 0 Å². The highest BCUT2D eigenvalue weighted by Gasteiger charge is 2.33. The molecular formula is C108H130N20O17S. The number of hydrogen-bond donors (Lipinski definition) is 19. The van der Waals surface area contributed by atoms with E-state index in [9.17, 15) is 82.2 Å². The van der Waals surface area contributed by atoms with Gasteiger partial charge in [0.25, 0.3) is 23.6 Å². The van der Waals surface area contributed by atoms with Gasteiger partial charge < -0.3 is 99.2 Å². The van der Waals surface area contributed by atoms with Crippen LogP contribution in [0.2, 0.25) is 0 Å². The molecule has 4 aromatic carbocycles. The normalized spacial score (nSPS) is 13.9. The van der Waals surface area contributed by atoms with E-state index in [0.717, 1.165) is 227 Å². The maximum absolute atomic E-state index is 12.8. The number of carboxylic acid groups (broad SMARTS) is 4. The second-order valence-electron chi connectivity index (χ2n) is 36.8. The first-order chi connectivity index (χ1) is 70.6. The molecule has 0 radical (unpaired) electrons. The highest BCUT2D eigenvalue weighted by atomic mass is 32.1. The Bertz CT molecular complexity index is 6300. The van der Waals surface area contributed by atoms with Gasteiger partial charge in [0.1, 0.15) is 47.0 Å². The van der Waals surface area contributed by atoms with E-state index in [1.54, 1.807) is 24.3 Å². The zero-order chi connectivity index (χ0) is 104. The summed E-state index contributed by atoms with van der Waals surface area (Å²) >= 11 is 0. The van der Waals surface area contributed by atoms with Crippen LogP contribution in [0, 0.1) is 20.8 Å². The van der Waals surface area contributed by atoms with Crippen LogP contribution in [0.25, 0.3) is 32.7 Å². The van der Waals surface area contributed by atoms with Crippen LogP contribution in [0.1, 0.15) is 224 Å². The lowest BCUT2D eigenvalue weighted by Crippen LogP contribution is -2.47. The molecule has 0 fully saturated rings. The first-order valence-electron chi connectivity index (χ1n) is 50.0. The molecule has 5 aliphatic heterocycles. The summed E-state index contributed by atoms with van der Waals surface area (Å²) in [6, 6.07) is 41.6. The molecule has 0 aliphatic carbocycles. The number of aliphatic carboxylic acids is 4. The number of carbonyl (C=O) groups is 12. The minimum Gasteiger partial charge on any atom is -0.480 e. The predicted octanol–water partition coefficient (Wildman–Crippen LogP) is 8.86. The first-order valence-corrected chi connectivity index (χ1v) is 51.4. The first kappa shape index (κ1) is 108. The van der Waals surface area contributed by atoms with Crippen LogP contribution in [0.5, 0.6) is 0 Å². The Kier molecular flexibility index (Phi) is 40.1. The second-order valence-corrected chi connectivity index (χ2v) is 37.9. The zero-order valence-corrected chi connectivity index (χ0v) is 83.4. The average Bonchev–Trinajstić information content (AvgIpc) is 1.62. The van der Waals surface area contributed by atoms with Crippen molar-refractivity contribution in [3.8, 4) is 0 Å². The molecule has 7 aromatic heterocycles. The number of pyridine rings is 4. The number of aromatic amines is 3. The number of H-pyrrole nitrogens is 3. The van der Waals surface area contributed by atoms with E-state index in [0.29, 0.717) is 60.4 Å². The number of aliphatic imine (C=N–C) groups is 1. The summed E-state index contributed by atoms with van der Waals surface area (Å²) in [4.78, 5) is 179. The minimum absolute atomic E-state index is 0.0102. The molecule has 4 unspecified atom stereocenters. The van der Waals surface area contributed by atoms with Gasteiger partial charge >= 0.3 is 23.9 Å². The summed E-state index contributed by atoms with van der Waals surface area (Å²) in [5.41, 5.74) is 20.6. The van der Waals surface area contributed by atoms with Crippen LogP contribution in [0.3, 0.4) is 0 Å². The van der Waals surface area contributed by atoms with Gasteiger partial charge in [0, 0.05) is 224 Å². The van der Waals surface area contributed by atoms with Gasteiger partial charge in [-0.1, -0.05) is 97.1 Å². The molecule has 770 valence electrons. The third-order valence-electron chi connectivity index (χ3n) is 26.3. The number of fused-ring (bicyclic) bond motifs is 8. The fraction of sp³-hybridized carbons (Fsp3) is 0.398. The summed E-state index contributed by atoms with van der Waals surface area (Å²) in [5, 5.41) is 75.5. The van der Waals surface area contributed by atoms with Crippen molar-refractivity contribution in [2.45, 2.75) is 225 Å². The quantitative estimate of drug-likeness (QED) is 0.0125. The summed E-state index contributed by atoms with van der Waals surface area (Å²) in [5.74, 6) is -3.89. The Hall–Kier alpha value is -15.0. The van der Waals surface area contributed by atoms with E-state index in [1.807, 2.05) is 99.6 Å². The molecule has 146 heavy (non-hydrogen) atoms. The van der Waals surface area contributed by atoms with Crippen LogP contribution in [-0.2, 0) is 131 Å². The standard InChI is InChI=1S/C27H31N5O5S.3C27H33N5O4/c1-38(37)25-19-7-3-4-8-21(19)31-24(25)26(34)32-22(27(35)36)13-15-29-23(33)9-5-2-6-18-11-10-17-16-28-14-12-20(17)30-18;3*1-17-20-7-3-4-8-22(20)31-25(17)26(34)32-23(27(35)36)13-15-29-24(33)9-5-2-6-19-11-10-18-16-28-14-12-21(18)30-19/h3-4,7-8,10-11,22,28H,1-2,5-6,9,12-16H2,(H,29,33)(H,32,34)(H,35,36);3*3-4,7-8,10-11,23,28,31H,2,5-6,9,12-16H2,1H3,(H,29,33)(H,32,34)(H,35,36). The van der Waals surface area contributed by atoms with Crippen molar-refractivity contribution in [1.82, 2.24) is 98.7 Å². The SMILES string of the molecule is C=S(=O)=C1C(C(=O)NC(CCNC(=O)CCCCc2ccc3c(n2)CCNC3)C(=O)O)=Nc2ccccc21.Cc1c(C(=O)NC(CCNC(=O)CCCCc2ccc3c(n2)CCNC3)C(=O)O)[nH]c2ccccc12.Cc1c(C(=O)NC(CCNC(=O)CCCCc2ccc3c(n2)CCNC3)C(=O)O)[nH]c2ccccc12.Cc1c(C(=O)NC(CCNC(=O)CCCCc2ccc3c(n2)CCNC3)C(=O)O)[nH]c2ccccc12. The highest BCUT2D eigenvalue weighted by molar-refractivity contribution is 7.85. The monoisotopic (exact) mass is 2010 g/mol. The summed E-state index contributed by atoms with van der Waals surface area (Å²) in [7, 11) is -1.74. The lowest BCUT2D eigenvalue weighted by molar-refractivity contribution is -0.141. The molecule has 12 heterocycles. The van der Waals surface area contributed by atoms with Crippen LogP contribution in [0.4, 0.5) is 5.69 Å². The third-order valence-corrected chi connectivity index (χ3v) is 27.2. The molecule has 37 nitrogen and oxygen atoms in total. The van der Waals surface area contributed by atoms with Crippen LogP contribution < -0.4 is 63.8 Å². The van der Waals surface area contributed by atoms with Crippen LogP contribution in [-0.4, -0.2) is 224 Å². The largest absolute Gasteiger partial charge is 0.480 e. The van der Waals surface area contributed by atoms with Crippen molar-refractivity contribution in [1.29, 1.82) is 0 Å². The number of para-hydroxylation sites is 4. The lowest BCUT2D eigenvalue weighted by atomic mass is 10.0. The van der Waals surface area contributed by atoms with Crippen LogP contribution in [0.15, 0.2) is 151 Å². The number of carboxylic acids is 4. The molecule has 38 heteroatoms. The Morgan fingerprint density at radius 1 is 0.349 bits per heavy atom. The van der Waals surface area contributed by atoms with Gasteiger partial charge in [0.2, 0.25) is 23.6 Å². The summed E-state index contributed by atoms with van der Waals surface area (Å²) in [6.07, 6.45) is 15.0. The molecule has 8 amide bonds. The van der Waals surface area contributed by atoms with E-state index in [2.05, 4.69) is 132 Å².